The Bertz CT molecular complexity index is 1130. The molecule has 0 spiro atoms. The van der Waals surface area contributed by atoms with Crippen LogP contribution in [0, 0.1) is 0 Å². The summed E-state index contributed by atoms with van der Waals surface area (Å²) in [5.74, 6) is -0.349. The predicted octanol–water partition coefficient (Wildman–Crippen LogP) is 3.31. The summed E-state index contributed by atoms with van der Waals surface area (Å²) in [6.07, 6.45) is -1.35. The molecular weight excluding hydrogens is 375 g/mol. The van der Waals surface area contributed by atoms with E-state index in [1.165, 1.54) is 35.1 Å². The first-order chi connectivity index (χ1) is 13.2. The fourth-order valence-electron chi connectivity index (χ4n) is 3.15. The molecule has 28 heavy (non-hydrogen) atoms. The molecule has 1 N–H and O–H groups in total. The summed E-state index contributed by atoms with van der Waals surface area (Å²) in [4.78, 5) is 29.6. The number of halogens is 3. The molecule has 146 valence electrons. The van der Waals surface area contributed by atoms with Crippen molar-refractivity contribution in [2.24, 2.45) is 7.05 Å². The quantitative estimate of drug-likeness (QED) is 0.677. The second-order valence-corrected chi connectivity index (χ2v) is 6.81. The minimum absolute atomic E-state index is 0.0265. The molecule has 0 amide bonds. The van der Waals surface area contributed by atoms with Crippen molar-refractivity contribution in [2.45, 2.75) is 24.9 Å². The summed E-state index contributed by atoms with van der Waals surface area (Å²) in [5, 5.41) is 3.21. The molecule has 1 aliphatic carbocycles. The average Bonchev–Trinajstić information content (AvgIpc) is 3.45. The number of ketones is 1. The number of hydrogen-bond acceptors (Lipinski definition) is 4. The first-order valence-corrected chi connectivity index (χ1v) is 8.66. The highest BCUT2D eigenvalue weighted by molar-refractivity contribution is 6.11. The van der Waals surface area contributed by atoms with Gasteiger partial charge in [0.2, 0.25) is 5.78 Å². The van der Waals surface area contributed by atoms with Gasteiger partial charge in [0.15, 0.2) is 6.61 Å². The number of alkyl halides is 3. The summed E-state index contributed by atoms with van der Waals surface area (Å²) in [7, 11) is 1.54. The largest absolute Gasteiger partial charge is 0.483 e. The summed E-state index contributed by atoms with van der Waals surface area (Å²) in [5.41, 5.74) is 0.839. The Hall–Kier alpha value is -3.10. The number of ether oxygens (including phenoxy) is 1. The van der Waals surface area contributed by atoms with E-state index in [9.17, 15) is 22.8 Å². The van der Waals surface area contributed by atoms with Crippen LogP contribution in [0.4, 0.5) is 13.2 Å². The second-order valence-electron chi connectivity index (χ2n) is 6.81. The lowest BCUT2D eigenvalue weighted by Crippen LogP contribution is -2.20. The van der Waals surface area contributed by atoms with Crippen molar-refractivity contribution in [3.8, 4) is 5.75 Å². The van der Waals surface area contributed by atoms with E-state index in [4.69, 9.17) is 4.74 Å². The Kier molecular flexibility index (Phi) is 4.24. The summed E-state index contributed by atoms with van der Waals surface area (Å²) < 4.78 is 43.7. The van der Waals surface area contributed by atoms with Crippen LogP contribution >= 0.6 is 0 Å². The van der Waals surface area contributed by atoms with Crippen molar-refractivity contribution >= 4 is 16.7 Å². The summed E-state index contributed by atoms with van der Waals surface area (Å²) >= 11 is 0. The number of nitrogens with one attached hydrogen (secondary N) is 1. The Morgan fingerprint density at radius 2 is 2.07 bits per heavy atom. The third-order valence-electron chi connectivity index (χ3n) is 4.64. The second kappa shape index (κ2) is 6.50. The Morgan fingerprint density at radius 3 is 2.75 bits per heavy atom. The summed E-state index contributed by atoms with van der Waals surface area (Å²) in [6.45, 7) is -1.45. The third kappa shape index (κ3) is 3.39. The lowest BCUT2D eigenvalue weighted by molar-refractivity contribution is -0.153. The van der Waals surface area contributed by atoms with Crippen LogP contribution in [-0.4, -0.2) is 33.3 Å². The lowest BCUT2D eigenvalue weighted by atomic mass is 10.00. The highest BCUT2D eigenvalue weighted by Gasteiger charge is 2.33. The number of carbonyl (C=O) groups is 1. The molecule has 4 rings (SSSR count). The van der Waals surface area contributed by atoms with E-state index in [1.807, 2.05) is 0 Å². The number of H-pyrrole nitrogens is 1. The van der Waals surface area contributed by atoms with E-state index in [0.717, 1.165) is 12.8 Å². The number of aromatic amines is 1. The first kappa shape index (κ1) is 18.3. The molecule has 2 heterocycles. The van der Waals surface area contributed by atoms with Gasteiger partial charge in [-0.05, 0) is 37.1 Å². The Labute approximate surface area is 156 Å². The van der Waals surface area contributed by atoms with Crippen LogP contribution in [0.15, 0.2) is 35.3 Å². The lowest BCUT2D eigenvalue weighted by Gasteiger charge is -2.11. The topological polar surface area (TPSA) is 77.0 Å². The zero-order valence-electron chi connectivity index (χ0n) is 14.8. The number of carbonyl (C=O) groups excluding carboxylic acids is 1. The van der Waals surface area contributed by atoms with E-state index in [1.54, 1.807) is 7.05 Å². The molecule has 1 aromatic carbocycles. The fourth-order valence-corrected chi connectivity index (χ4v) is 3.15. The van der Waals surface area contributed by atoms with Crippen molar-refractivity contribution < 1.29 is 22.7 Å². The smallest absolute Gasteiger partial charge is 0.422 e. The molecule has 2 aromatic heterocycles. The van der Waals surface area contributed by atoms with Crippen LogP contribution in [-0.2, 0) is 7.05 Å². The molecule has 1 fully saturated rings. The maximum atomic E-state index is 13.0. The molecule has 0 radical (unpaired) electrons. The minimum Gasteiger partial charge on any atom is -0.483 e. The molecule has 0 atom stereocenters. The highest BCUT2D eigenvalue weighted by Crippen LogP contribution is 2.40. The van der Waals surface area contributed by atoms with Gasteiger partial charge in [-0.3, -0.25) is 24.4 Å². The molecule has 1 saturated carbocycles. The summed E-state index contributed by atoms with van der Waals surface area (Å²) in [6, 6.07) is 5.76. The van der Waals surface area contributed by atoms with Crippen molar-refractivity contribution in [3.63, 3.8) is 0 Å². The van der Waals surface area contributed by atoms with Gasteiger partial charge in [-0.1, -0.05) is 0 Å². The number of benzene rings is 1. The van der Waals surface area contributed by atoms with Crippen LogP contribution in [0.25, 0.3) is 10.9 Å². The molecule has 0 bridgehead atoms. The molecule has 0 unspecified atom stereocenters. The number of fused-ring (bicyclic) bond motifs is 1. The van der Waals surface area contributed by atoms with Gasteiger partial charge >= 0.3 is 6.18 Å². The van der Waals surface area contributed by atoms with E-state index in [2.05, 4.69) is 10.1 Å². The molecular formula is C19H16F3N3O3. The van der Waals surface area contributed by atoms with Gasteiger partial charge in [-0.25, -0.2) is 0 Å². The maximum absolute atomic E-state index is 13.0. The van der Waals surface area contributed by atoms with Crippen molar-refractivity contribution in [2.75, 3.05) is 6.61 Å². The van der Waals surface area contributed by atoms with Gasteiger partial charge in [0.25, 0.3) is 5.56 Å². The average molecular weight is 391 g/mol. The molecule has 0 saturated heterocycles. The van der Waals surface area contributed by atoms with Crippen LogP contribution < -0.4 is 10.3 Å². The van der Waals surface area contributed by atoms with Crippen LogP contribution in [0.5, 0.6) is 5.75 Å². The fraction of sp³-hybridized carbons (Fsp3) is 0.316. The normalized spacial score (nSPS) is 14.4. The molecule has 6 nitrogen and oxygen atoms in total. The number of rotatable bonds is 5. The van der Waals surface area contributed by atoms with Crippen molar-refractivity contribution in [1.82, 2.24) is 14.8 Å². The number of hydrogen-bond donors (Lipinski definition) is 1. The van der Waals surface area contributed by atoms with Gasteiger partial charge in [0.1, 0.15) is 11.3 Å². The van der Waals surface area contributed by atoms with Crippen molar-refractivity contribution in [3.05, 3.63) is 57.6 Å². The molecule has 0 aliphatic heterocycles. The Balaban J connectivity index is 1.76. The number of aryl methyl sites for hydroxylation is 1. The molecule has 1 aliphatic rings. The zero-order valence-corrected chi connectivity index (χ0v) is 14.8. The molecule has 9 heteroatoms. The monoisotopic (exact) mass is 391 g/mol. The zero-order chi connectivity index (χ0) is 20.1. The minimum atomic E-state index is -4.49. The number of pyridine rings is 1. The van der Waals surface area contributed by atoms with Crippen LogP contribution in [0.2, 0.25) is 0 Å². The first-order valence-electron chi connectivity index (χ1n) is 8.66. The predicted molar refractivity (Wildman–Crippen MR) is 94.7 cm³/mol. The third-order valence-corrected chi connectivity index (χ3v) is 4.64. The maximum Gasteiger partial charge on any atom is 0.422 e. The van der Waals surface area contributed by atoms with Gasteiger partial charge < -0.3 is 4.74 Å². The number of nitrogens with zero attached hydrogens (tertiary/aromatic N) is 2. The van der Waals surface area contributed by atoms with E-state index >= 15 is 0 Å². The van der Waals surface area contributed by atoms with Gasteiger partial charge in [0, 0.05) is 30.1 Å². The van der Waals surface area contributed by atoms with Gasteiger partial charge in [-0.2, -0.15) is 13.2 Å². The van der Waals surface area contributed by atoms with Crippen molar-refractivity contribution in [1.29, 1.82) is 0 Å². The van der Waals surface area contributed by atoms with Crippen LogP contribution in [0.3, 0.4) is 0 Å². The van der Waals surface area contributed by atoms with Gasteiger partial charge in [0.05, 0.1) is 11.2 Å². The highest BCUT2D eigenvalue weighted by atomic mass is 19.4. The molecule has 3 aromatic rings. The standard InChI is InChI=1S/C19H16F3N3O3/c1-25-18(27)15(16(24-25)10-2-3-10)17(26)11-4-5-13-12(8-11)14(6-7-23-13)28-9-19(20,21)22/h4-8,10,24H,2-3,9H2,1H3. The SMILES string of the molecule is Cn1[nH]c(C2CC2)c(C(=O)c2ccc3nccc(OCC(F)(F)F)c3c2)c1=O. The van der Waals surface area contributed by atoms with Crippen LogP contribution in [0.1, 0.15) is 40.4 Å². The van der Waals surface area contributed by atoms with E-state index < -0.39 is 24.1 Å². The van der Waals surface area contributed by atoms with Gasteiger partial charge in [-0.15, -0.1) is 0 Å². The number of aromatic nitrogens is 3. The Morgan fingerprint density at radius 1 is 1.32 bits per heavy atom. The van der Waals surface area contributed by atoms with E-state index in [0.29, 0.717) is 11.2 Å². The van der Waals surface area contributed by atoms with E-state index in [-0.39, 0.29) is 28.2 Å².